The minimum atomic E-state index is -1.02. The zero-order valence-corrected chi connectivity index (χ0v) is 21.4. The third-order valence-corrected chi connectivity index (χ3v) is 7.25. The fraction of sp³-hybridized carbons (Fsp3) is 0.480. The summed E-state index contributed by atoms with van der Waals surface area (Å²) >= 11 is 6.51. The molecule has 2 aromatic rings. The van der Waals surface area contributed by atoms with Gasteiger partial charge in [0.15, 0.2) is 11.5 Å². The number of benzene rings is 1. The molecule has 1 aromatic carbocycles. The van der Waals surface area contributed by atoms with Gasteiger partial charge in [0.1, 0.15) is 5.75 Å². The van der Waals surface area contributed by atoms with Gasteiger partial charge in [-0.3, -0.25) is 9.59 Å². The first-order valence-electron chi connectivity index (χ1n) is 11.8. The van der Waals surface area contributed by atoms with Crippen LogP contribution in [0, 0.1) is 19.8 Å². The Hall–Kier alpha value is -3.40. The van der Waals surface area contributed by atoms with E-state index in [2.05, 4.69) is 15.6 Å². The lowest BCUT2D eigenvalue weighted by molar-refractivity contribution is -0.121. The molecule has 1 aliphatic heterocycles. The van der Waals surface area contributed by atoms with Crippen molar-refractivity contribution >= 4 is 23.6 Å². The second kappa shape index (κ2) is 9.93. The van der Waals surface area contributed by atoms with Gasteiger partial charge in [-0.05, 0) is 51.7 Å². The Kier molecular flexibility index (Phi) is 7.08. The van der Waals surface area contributed by atoms with Crippen molar-refractivity contribution in [3.05, 3.63) is 49.9 Å². The summed E-state index contributed by atoms with van der Waals surface area (Å²) in [4.78, 5) is 39.1. The van der Waals surface area contributed by atoms with Crippen molar-refractivity contribution in [2.24, 2.45) is 5.92 Å². The van der Waals surface area contributed by atoms with E-state index >= 15 is 0 Å². The van der Waals surface area contributed by atoms with Gasteiger partial charge in [0.05, 0.1) is 24.2 Å². The van der Waals surface area contributed by atoms with E-state index in [0.29, 0.717) is 65.3 Å². The standard InChI is InChI=1S/C25H30ClN3O7/c1-12-9-19(34-4)17(23(31)28-12)11-27-22(30)16-10-18(26)21-20(13(16)2)35-25(3,36-21)14-5-7-15(8-6-14)29-24(32)33/h9-10,14-15,29H,5-8,11H2,1-4H3,(H,27,30)(H,28,31)(H,32,33). The molecule has 4 rings (SSSR count). The highest BCUT2D eigenvalue weighted by molar-refractivity contribution is 6.33. The first kappa shape index (κ1) is 25.7. The number of carboxylic acid groups (broad SMARTS) is 1. The number of aromatic nitrogens is 1. The molecule has 2 amide bonds. The van der Waals surface area contributed by atoms with Gasteiger partial charge in [0, 0.05) is 35.7 Å². The molecule has 0 bridgehead atoms. The molecule has 4 N–H and O–H groups in total. The molecule has 1 unspecified atom stereocenters. The number of carbonyl (C=O) groups is 2. The number of halogens is 1. The zero-order chi connectivity index (χ0) is 26.2. The van der Waals surface area contributed by atoms with E-state index in [1.807, 2.05) is 6.92 Å². The van der Waals surface area contributed by atoms with Gasteiger partial charge in [-0.25, -0.2) is 4.79 Å². The number of hydrogen-bond donors (Lipinski definition) is 4. The number of aryl methyl sites for hydroxylation is 1. The lowest BCUT2D eigenvalue weighted by atomic mass is 9.81. The lowest BCUT2D eigenvalue weighted by Crippen LogP contribution is -2.47. The van der Waals surface area contributed by atoms with Gasteiger partial charge >= 0.3 is 6.09 Å². The largest absolute Gasteiger partial charge is 0.496 e. The van der Waals surface area contributed by atoms with Crippen molar-refractivity contribution in [2.45, 2.75) is 64.8 Å². The summed E-state index contributed by atoms with van der Waals surface area (Å²) in [6.45, 7) is 5.31. The molecule has 194 valence electrons. The summed E-state index contributed by atoms with van der Waals surface area (Å²) in [5.41, 5.74) is 1.50. The zero-order valence-electron chi connectivity index (χ0n) is 20.6. The maximum absolute atomic E-state index is 13.1. The fourth-order valence-corrected chi connectivity index (χ4v) is 5.22. The topological polar surface area (TPSA) is 139 Å². The summed E-state index contributed by atoms with van der Waals surface area (Å²) in [5, 5.41) is 14.5. The van der Waals surface area contributed by atoms with Crippen LogP contribution in [0.2, 0.25) is 5.02 Å². The van der Waals surface area contributed by atoms with Crippen LogP contribution in [-0.2, 0) is 6.54 Å². The number of H-pyrrole nitrogens is 1. The van der Waals surface area contributed by atoms with Crippen LogP contribution in [-0.4, -0.2) is 41.0 Å². The highest BCUT2D eigenvalue weighted by Gasteiger charge is 2.47. The van der Waals surface area contributed by atoms with Gasteiger partial charge in [0.2, 0.25) is 0 Å². The molecule has 11 heteroatoms. The van der Waals surface area contributed by atoms with Crippen LogP contribution in [0.4, 0.5) is 4.79 Å². The Labute approximate surface area is 213 Å². The average Bonchev–Trinajstić information content (AvgIpc) is 3.20. The van der Waals surface area contributed by atoms with E-state index in [-0.39, 0.29) is 29.1 Å². The Morgan fingerprint density at radius 3 is 2.50 bits per heavy atom. The third kappa shape index (κ3) is 4.95. The van der Waals surface area contributed by atoms with Crippen molar-refractivity contribution in [1.29, 1.82) is 0 Å². The number of pyridine rings is 1. The smallest absolute Gasteiger partial charge is 0.404 e. The normalized spacial score (nSPS) is 22.7. The quantitative estimate of drug-likeness (QED) is 0.454. The van der Waals surface area contributed by atoms with E-state index in [1.165, 1.54) is 13.2 Å². The number of ether oxygens (including phenoxy) is 3. The van der Waals surface area contributed by atoms with E-state index < -0.39 is 17.8 Å². The highest BCUT2D eigenvalue weighted by atomic mass is 35.5. The Balaban J connectivity index is 1.50. The second-order valence-corrected chi connectivity index (χ2v) is 9.83. The molecule has 1 fully saturated rings. The van der Waals surface area contributed by atoms with Crippen molar-refractivity contribution in [2.75, 3.05) is 7.11 Å². The van der Waals surface area contributed by atoms with Gasteiger partial charge in [0.25, 0.3) is 17.3 Å². The Morgan fingerprint density at radius 1 is 1.19 bits per heavy atom. The summed E-state index contributed by atoms with van der Waals surface area (Å²) < 4.78 is 17.8. The minimum Gasteiger partial charge on any atom is -0.496 e. The van der Waals surface area contributed by atoms with Crippen LogP contribution < -0.4 is 30.4 Å². The number of nitrogens with one attached hydrogen (secondary N) is 3. The van der Waals surface area contributed by atoms with Crippen molar-refractivity contribution in [3.63, 3.8) is 0 Å². The molecule has 36 heavy (non-hydrogen) atoms. The van der Waals surface area contributed by atoms with Gasteiger partial charge in [-0.2, -0.15) is 0 Å². The van der Waals surface area contributed by atoms with Crippen molar-refractivity contribution in [1.82, 2.24) is 15.6 Å². The number of rotatable bonds is 6. The number of carbonyl (C=O) groups excluding carboxylic acids is 1. The van der Waals surface area contributed by atoms with Crippen LogP contribution in [0.1, 0.15) is 59.8 Å². The summed E-state index contributed by atoms with van der Waals surface area (Å²) in [5.74, 6) is -0.201. The van der Waals surface area contributed by atoms with E-state index in [9.17, 15) is 14.4 Å². The van der Waals surface area contributed by atoms with Crippen LogP contribution >= 0.6 is 11.6 Å². The molecule has 10 nitrogen and oxygen atoms in total. The number of amides is 2. The molecule has 2 heterocycles. The van der Waals surface area contributed by atoms with E-state index in [4.69, 9.17) is 30.9 Å². The summed E-state index contributed by atoms with van der Waals surface area (Å²) in [7, 11) is 1.47. The monoisotopic (exact) mass is 519 g/mol. The van der Waals surface area contributed by atoms with Gasteiger partial charge < -0.3 is 34.9 Å². The van der Waals surface area contributed by atoms with Crippen LogP contribution in [0.5, 0.6) is 17.2 Å². The molecule has 0 saturated heterocycles. The molecular formula is C25H30ClN3O7. The van der Waals surface area contributed by atoms with E-state index in [1.54, 1.807) is 19.9 Å². The maximum atomic E-state index is 13.1. The molecule has 1 saturated carbocycles. The van der Waals surface area contributed by atoms with E-state index in [0.717, 1.165) is 0 Å². The van der Waals surface area contributed by atoms with Crippen LogP contribution in [0.3, 0.4) is 0 Å². The molecule has 1 aliphatic carbocycles. The van der Waals surface area contributed by atoms with Crippen molar-refractivity contribution < 1.29 is 28.9 Å². The molecular weight excluding hydrogens is 490 g/mol. The predicted octanol–water partition coefficient (Wildman–Crippen LogP) is 3.90. The SMILES string of the molecule is COc1cc(C)[nH]c(=O)c1CNC(=O)c1cc(Cl)c2c(c1C)OC(C)(C1CCC(NC(=O)O)CC1)O2. The number of methoxy groups -OCH3 is 1. The van der Waals surface area contributed by atoms with Gasteiger partial charge in [-0.1, -0.05) is 11.6 Å². The first-order chi connectivity index (χ1) is 17.0. The summed E-state index contributed by atoms with van der Waals surface area (Å²) in [6.07, 6.45) is 1.76. The Morgan fingerprint density at radius 2 is 1.86 bits per heavy atom. The predicted molar refractivity (Wildman–Crippen MR) is 132 cm³/mol. The van der Waals surface area contributed by atoms with Crippen LogP contribution in [0.15, 0.2) is 16.9 Å². The second-order valence-electron chi connectivity index (χ2n) is 9.42. The molecule has 2 aliphatic rings. The third-order valence-electron chi connectivity index (χ3n) is 6.96. The molecule has 0 spiro atoms. The number of fused-ring (bicyclic) bond motifs is 1. The van der Waals surface area contributed by atoms with Crippen LogP contribution in [0.25, 0.3) is 0 Å². The van der Waals surface area contributed by atoms with Gasteiger partial charge in [-0.15, -0.1) is 0 Å². The molecule has 0 radical (unpaired) electrons. The highest BCUT2D eigenvalue weighted by Crippen LogP contribution is 2.51. The fourth-order valence-electron chi connectivity index (χ4n) is 4.98. The number of hydrogen-bond acceptors (Lipinski definition) is 6. The maximum Gasteiger partial charge on any atom is 0.404 e. The molecule has 1 atom stereocenters. The lowest BCUT2D eigenvalue weighted by Gasteiger charge is -2.37. The summed E-state index contributed by atoms with van der Waals surface area (Å²) in [6, 6.07) is 3.13. The first-order valence-corrected chi connectivity index (χ1v) is 12.2. The Bertz CT molecular complexity index is 1250. The van der Waals surface area contributed by atoms with Crippen molar-refractivity contribution in [3.8, 4) is 17.2 Å². The molecule has 1 aromatic heterocycles. The average molecular weight is 520 g/mol. The minimum absolute atomic E-state index is 0.0187. The number of aromatic amines is 1.